The van der Waals surface area contributed by atoms with E-state index in [0.717, 1.165) is 36.1 Å². The summed E-state index contributed by atoms with van der Waals surface area (Å²) in [6, 6.07) is 7.93. The van der Waals surface area contributed by atoms with Gasteiger partial charge in [-0.3, -0.25) is 0 Å². The number of hydrogen-bond acceptors (Lipinski definition) is 4. The fraction of sp³-hybridized carbons (Fsp3) is 0.375. The van der Waals surface area contributed by atoms with Crippen molar-refractivity contribution in [2.45, 2.75) is 26.9 Å². The molecular formula is C16H23IN4OS. The van der Waals surface area contributed by atoms with Gasteiger partial charge in [-0.15, -0.1) is 35.3 Å². The molecule has 1 aromatic heterocycles. The van der Waals surface area contributed by atoms with Gasteiger partial charge in [-0.2, -0.15) is 0 Å². The molecule has 0 radical (unpaired) electrons. The highest BCUT2D eigenvalue weighted by Gasteiger charge is 2.04. The largest absolute Gasteiger partial charge is 0.496 e. The van der Waals surface area contributed by atoms with Gasteiger partial charge in [0.1, 0.15) is 5.75 Å². The molecule has 0 aliphatic carbocycles. The summed E-state index contributed by atoms with van der Waals surface area (Å²) in [6.45, 7) is 6.19. The van der Waals surface area contributed by atoms with Crippen LogP contribution < -0.4 is 15.4 Å². The van der Waals surface area contributed by atoms with Crippen molar-refractivity contribution in [1.29, 1.82) is 0 Å². The molecule has 2 N–H and O–H groups in total. The van der Waals surface area contributed by atoms with E-state index in [2.05, 4.69) is 27.5 Å². The number of aryl methyl sites for hydroxylation is 1. The van der Waals surface area contributed by atoms with Gasteiger partial charge < -0.3 is 15.4 Å². The number of nitrogens with one attached hydrogen (secondary N) is 2. The smallest absolute Gasteiger partial charge is 0.191 e. The lowest BCUT2D eigenvalue weighted by Gasteiger charge is -2.11. The molecule has 1 heterocycles. The van der Waals surface area contributed by atoms with E-state index in [0.29, 0.717) is 6.54 Å². The van der Waals surface area contributed by atoms with Crippen LogP contribution in [0.5, 0.6) is 5.75 Å². The van der Waals surface area contributed by atoms with Crippen molar-refractivity contribution in [3.8, 4) is 5.75 Å². The first-order chi connectivity index (χ1) is 10.7. The summed E-state index contributed by atoms with van der Waals surface area (Å²) in [5, 5.41) is 6.59. The predicted octanol–water partition coefficient (Wildman–Crippen LogP) is 3.33. The number of thiazole rings is 1. The third-order valence-corrected chi connectivity index (χ3v) is 4.14. The molecule has 0 bridgehead atoms. The second kappa shape index (κ2) is 10.4. The van der Waals surface area contributed by atoms with Crippen LogP contribution in [0.3, 0.4) is 0 Å². The molecule has 0 saturated carbocycles. The van der Waals surface area contributed by atoms with E-state index in [4.69, 9.17) is 4.74 Å². The lowest BCUT2D eigenvalue weighted by Crippen LogP contribution is -2.36. The van der Waals surface area contributed by atoms with Crippen molar-refractivity contribution in [3.05, 3.63) is 45.9 Å². The molecule has 126 valence electrons. The SMILES string of the molecule is CCNC(=NCc1ccccc1OC)NCc1scnc1C.I. The quantitative estimate of drug-likeness (QED) is 0.406. The zero-order chi connectivity index (χ0) is 15.8. The molecule has 1 aromatic carbocycles. The Morgan fingerprint density at radius 1 is 1.30 bits per heavy atom. The van der Waals surface area contributed by atoms with Gasteiger partial charge in [-0.05, 0) is 19.9 Å². The van der Waals surface area contributed by atoms with Gasteiger partial charge in [0, 0.05) is 17.0 Å². The Morgan fingerprint density at radius 3 is 2.74 bits per heavy atom. The Balaban J connectivity index is 0.00000264. The van der Waals surface area contributed by atoms with Gasteiger partial charge in [0.05, 0.1) is 31.4 Å². The van der Waals surface area contributed by atoms with Gasteiger partial charge in [0.15, 0.2) is 5.96 Å². The van der Waals surface area contributed by atoms with E-state index in [1.165, 1.54) is 4.88 Å². The molecule has 0 atom stereocenters. The Hall–Kier alpha value is -1.35. The Labute approximate surface area is 158 Å². The summed E-state index contributed by atoms with van der Waals surface area (Å²) < 4.78 is 5.36. The molecule has 0 unspecified atom stereocenters. The van der Waals surface area contributed by atoms with Crippen molar-refractivity contribution in [1.82, 2.24) is 15.6 Å². The minimum atomic E-state index is 0. The highest BCUT2D eigenvalue weighted by Crippen LogP contribution is 2.18. The molecule has 0 aliphatic rings. The van der Waals surface area contributed by atoms with Gasteiger partial charge in [0.2, 0.25) is 0 Å². The fourth-order valence-electron chi connectivity index (χ4n) is 2.00. The van der Waals surface area contributed by atoms with Gasteiger partial charge in [0.25, 0.3) is 0 Å². The fourth-order valence-corrected chi connectivity index (χ4v) is 2.72. The number of nitrogens with zero attached hydrogens (tertiary/aromatic N) is 2. The number of rotatable bonds is 6. The summed E-state index contributed by atoms with van der Waals surface area (Å²) in [5.74, 6) is 1.65. The van der Waals surface area contributed by atoms with E-state index in [-0.39, 0.29) is 24.0 Å². The second-order valence-corrected chi connectivity index (χ2v) is 5.66. The Kier molecular flexibility index (Phi) is 8.93. The third-order valence-electron chi connectivity index (χ3n) is 3.21. The van der Waals surface area contributed by atoms with E-state index >= 15 is 0 Å². The van der Waals surface area contributed by atoms with Crippen molar-refractivity contribution in [2.75, 3.05) is 13.7 Å². The summed E-state index contributed by atoms with van der Waals surface area (Å²) in [7, 11) is 1.68. The number of aromatic nitrogens is 1. The van der Waals surface area contributed by atoms with Crippen LogP contribution in [0.2, 0.25) is 0 Å². The molecule has 0 saturated heterocycles. The maximum atomic E-state index is 5.36. The maximum Gasteiger partial charge on any atom is 0.191 e. The molecule has 7 heteroatoms. The summed E-state index contributed by atoms with van der Waals surface area (Å²) >= 11 is 1.65. The molecule has 0 amide bonds. The van der Waals surface area contributed by atoms with Crippen molar-refractivity contribution in [2.24, 2.45) is 4.99 Å². The van der Waals surface area contributed by atoms with Crippen molar-refractivity contribution < 1.29 is 4.74 Å². The van der Waals surface area contributed by atoms with E-state index < -0.39 is 0 Å². The first-order valence-corrected chi connectivity index (χ1v) is 8.15. The number of guanidine groups is 1. The zero-order valence-electron chi connectivity index (χ0n) is 13.6. The Bertz CT molecular complexity index is 630. The molecule has 2 rings (SSSR count). The normalized spacial score (nSPS) is 10.8. The van der Waals surface area contributed by atoms with Gasteiger partial charge in [-0.25, -0.2) is 9.98 Å². The van der Waals surface area contributed by atoms with Crippen LogP contribution in [0.25, 0.3) is 0 Å². The van der Waals surface area contributed by atoms with Crippen molar-refractivity contribution in [3.63, 3.8) is 0 Å². The zero-order valence-corrected chi connectivity index (χ0v) is 16.8. The summed E-state index contributed by atoms with van der Waals surface area (Å²) in [4.78, 5) is 10.1. The molecule has 23 heavy (non-hydrogen) atoms. The maximum absolute atomic E-state index is 5.36. The number of hydrogen-bond donors (Lipinski definition) is 2. The van der Waals surface area contributed by atoms with Gasteiger partial charge in [-0.1, -0.05) is 18.2 Å². The Morgan fingerprint density at radius 2 is 2.09 bits per heavy atom. The summed E-state index contributed by atoms with van der Waals surface area (Å²) in [6.07, 6.45) is 0. The molecular weight excluding hydrogens is 423 g/mol. The van der Waals surface area contributed by atoms with Crippen LogP contribution in [-0.4, -0.2) is 24.6 Å². The number of halogens is 1. The van der Waals surface area contributed by atoms with Crippen LogP contribution in [0.4, 0.5) is 0 Å². The lowest BCUT2D eigenvalue weighted by molar-refractivity contribution is 0.410. The highest BCUT2D eigenvalue weighted by molar-refractivity contribution is 14.0. The first-order valence-electron chi connectivity index (χ1n) is 7.27. The van der Waals surface area contributed by atoms with Crippen LogP contribution in [0.15, 0.2) is 34.8 Å². The molecule has 5 nitrogen and oxygen atoms in total. The van der Waals surface area contributed by atoms with Crippen LogP contribution >= 0.6 is 35.3 Å². The van der Waals surface area contributed by atoms with E-state index in [9.17, 15) is 0 Å². The molecule has 2 aromatic rings. The third kappa shape index (κ3) is 5.98. The van der Waals surface area contributed by atoms with Crippen molar-refractivity contribution >= 4 is 41.3 Å². The number of ether oxygens (including phenoxy) is 1. The predicted molar refractivity (Wildman–Crippen MR) is 107 cm³/mol. The van der Waals surface area contributed by atoms with E-state index in [1.54, 1.807) is 18.4 Å². The number of benzene rings is 1. The van der Waals surface area contributed by atoms with Gasteiger partial charge >= 0.3 is 0 Å². The minimum absolute atomic E-state index is 0. The molecule has 0 fully saturated rings. The summed E-state index contributed by atoms with van der Waals surface area (Å²) in [5.41, 5.74) is 4.00. The number of aliphatic imine (C=N–C) groups is 1. The number of methoxy groups -OCH3 is 1. The monoisotopic (exact) mass is 446 g/mol. The lowest BCUT2D eigenvalue weighted by atomic mass is 10.2. The first kappa shape index (κ1) is 19.7. The molecule has 0 aliphatic heterocycles. The van der Waals surface area contributed by atoms with E-state index in [1.807, 2.05) is 36.7 Å². The average molecular weight is 446 g/mol. The molecule has 0 spiro atoms. The van der Waals surface area contributed by atoms with Crippen LogP contribution in [0, 0.1) is 6.92 Å². The topological polar surface area (TPSA) is 58.5 Å². The highest BCUT2D eigenvalue weighted by atomic mass is 127. The second-order valence-electron chi connectivity index (χ2n) is 4.72. The van der Waals surface area contributed by atoms with Crippen LogP contribution in [0.1, 0.15) is 23.1 Å². The number of para-hydroxylation sites is 1. The minimum Gasteiger partial charge on any atom is -0.496 e. The average Bonchev–Trinajstić information content (AvgIpc) is 2.95. The van der Waals surface area contributed by atoms with Crippen LogP contribution in [-0.2, 0) is 13.1 Å². The standard InChI is InChI=1S/C16H22N4OS.HI/c1-4-17-16(19-10-15-12(2)20-11-22-15)18-9-13-7-5-6-8-14(13)21-3;/h5-8,11H,4,9-10H2,1-3H3,(H2,17,18,19);1H.